The average molecular weight is 299 g/mol. The Morgan fingerprint density at radius 1 is 1.27 bits per heavy atom. The van der Waals surface area contributed by atoms with Crippen molar-refractivity contribution < 1.29 is 19.1 Å². The Labute approximate surface area is 126 Å². The SMILES string of the molecule is Cc1ccc2c(c1)[C@](O)(CC(=O)c1ccccc1F)C(=O)N2. The normalized spacial score (nSPS) is 19.7. The van der Waals surface area contributed by atoms with Crippen LogP contribution in [0.15, 0.2) is 42.5 Å². The molecule has 0 bridgehead atoms. The van der Waals surface area contributed by atoms with E-state index in [4.69, 9.17) is 0 Å². The molecule has 0 radical (unpaired) electrons. The first-order chi connectivity index (χ1) is 10.4. The highest BCUT2D eigenvalue weighted by Crippen LogP contribution is 2.39. The number of amides is 1. The molecule has 1 heterocycles. The second kappa shape index (κ2) is 5.03. The Morgan fingerprint density at radius 2 is 2.00 bits per heavy atom. The Morgan fingerprint density at radius 3 is 2.73 bits per heavy atom. The number of fused-ring (bicyclic) bond motifs is 1. The standard InChI is InChI=1S/C17H14FNO3/c1-10-6-7-14-12(8-10)17(22,16(21)19-14)9-15(20)11-4-2-3-5-13(11)18/h2-8,22H,9H2,1H3,(H,19,21)/t17-/m1/s1. The maximum Gasteiger partial charge on any atom is 0.261 e. The Balaban J connectivity index is 1.98. The number of ketones is 1. The van der Waals surface area contributed by atoms with E-state index in [1.54, 1.807) is 18.2 Å². The number of rotatable bonds is 3. The molecule has 1 atom stereocenters. The third-order valence-electron chi connectivity index (χ3n) is 3.84. The number of hydrogen-bond acceptors (Lipinski definition) is 3. The van der Waals surface area contributed by atoms with Gasteiger partial charge in [0.2, 0.25) is 0 Å². The van der Waals surface area contributed by atoms with Crippen LogP contribution in [0.2, 0.25) is 0 Å². The summed E-state index contributed by atoms with van der Waals surface area (Å²) in [4.78, 5) is 24.4. The summed E-state index contributed by atoms with van der Waals surface area (Å²) in [7, 11) is 0. The summed E-state index contributed by atoms with van der Waals surface area (Å²) < 4.78 is 13.7. The van der Waals surface area contributed by atoms with E-state index in [2.05, 4.69) is 5.32 Å². The second-order valence-corrected chi connectivity index (χ2v) is 5.44. The fourth-order valence-corrected chi connectivity index (χ4v) is 2.65. The third-order valence-corrected chi connectivity index (χ3v) is 3.84. The number of anilines is 1. The van der Waals surface area contributed by atoms with Gasteiger partial charge in [0.1, 0.15) is 5.82 Å². The molecule has 0 saturated carbocycles. The van der Waals surface area contributed by atoms with Crippen LogP contribution in [0, 0.1) is 12.7 Å². The Kier molecular flexibility index (Phi) is 3.30. The first-order valence-corrected chi connectivity index (χ1v) is 6.84. The quantitative estimate of drug-likeness (QED) is 0.856. The van der Waals surface area contributed by atoms with E-state index in [0.717, 1.165) is 5.56 Å². The van der Waals surface area contributed by atoms with Crippen LogP contribution in [-0.4, -0.2) is 16.8 Å². The maximum atomic E-state index is 13.7. The van der Waals surface area contributed by atoms with Crippen LogP contribution in [0.4, 0.5) is 10.1 Å². The van der Waals surface area contributed by atoms with Crippen molar-refractivity contribution in [2.24, 2.45) is 0 Å². The molecule has 1 aliphatic heterocycles. The number of hydrogen-bond donors (Lipinski definition) is 2. The summed E-state index contributed by atoms with van der Waals surface area (Å²) in [6.07, 6.45) is -0.504. The van der Waals surface area contributed by atoms with Crippen LogP contribution in [0.1, 0.15) is 27.9 Å². The van der Waals surface area contributed by atoms with E-state index in [9.17, 15) is 19.1 Å². The van der Waals surface area contributed by atoms with Crippen molar-refractivity contribution in [2.75, 3.05) is 5.32 Å². The minimum Gasteiger partial charge on any atom is -0.375 e. The molecule has 0 spiro atoms. The number of aryl methyl sites for hydroxylation is 1. The zero-order valence-corrected chi connectivity index (χ0v) is 11.9. The fourth-order valence-electron chi connectivity index (χ4n) is 2.65. The predicted octanol–water partition coefficient (Wildman–Crippen LogP) is 2.55. The van der Waals surface area contributed by atoms with Crippen molar-refractivity contribution in [2.45, 2.75) is 18.9 Å². The topological polar surface area (TPSA) is 66.4 Å². The van der Waals surface area contributed by atoms with Crippen LogP contribution in [-0.2, 0) is 10.4 Å². The van der Waals surface area contributed by atoms with Crippen LogP contribution in [0.25, 0.3) is 0 Å². The number of Topliss-reactive ketones (excluding diaryl/α,β-unsaturated/α-hetero) is 1. The number of aliphatic hydroxyl groups is 1. The first-order valence-electron chi connectivity index (χ1n) is 6.84. The summed E-state index contributed by atoms with van der Waals surface area (Å²) >= 11 is 0. The molecular weight excluding hydrogens is 285 g/mol. The lowest BCUT2D eigenvalue weighted by Gasteiger charge is -2.20. The second-order valence-electron chi connectivity index (χ2n) is 5.44. The van der Waals surface area contributed by atoms with Gasteiger partial charge in [-0.3, -0.25) is 9.59 Å². The monoisotopic (exact) mass is 299 g/mol. The molecule has 5 heteroatoms. The van der Waals surface area contributed by atoms with Gasteiger partial charge in [-0.1, -0.05) is 29.8 Å². The first kappa shape index (κ1) is 14.4. The Bertz CT molecular complexity index is 787. The van der Waals surface area contributed by atoms with Crippen LogP contribution >= 0.6 is 0 Å². The number of carbonyl (C=O) groups is 2. The molecule has 0 unspecified atom stereocenters. The molecule has 0 saturated heterocycles. The summed E-state index contributed by atoms with van der Waals surface area (Å²) in [5.74, 6) is -1.96. The van der Waals surface area contributed by atoms with Crippen LogP contribution in [0.5, 0.6) is 0 Å². The number of halogens is 1. The highest BCUT2D eigenvalue weighted by atomic mass is 19.1. The lowest BCUT2D eigenvalue weighted by atomic mass is 9.87. The van der Waals surface area contributed by atoms with Gasteiger partial charge in [-0.15, -0.1) is 0 Å². The highest BCUT2D eigenvalue weighted by molar-refractivity contribution is 6.09. The van der Waals surface area contributed by atoms with Gasteiger partial charge in [0.15, 0.2) is 11.4 Å². The molecule has 0 fully saturated rings. The number of nitrogens with one attached hydrogen (secondary N) is 1. The van der Waals surface area contributed by atoms with Gasteiger partial charge in [0.05, 0.1) is 12.0 Å². The van der Waals surface area contributed by atoms with Crippen molar-refractivity contribution >= 4 is 17.4 Å². The molecule has 1 aliphatic rings. The van der Waals surface area contributed by atoms with E-state index in [1.807, 2.05) is 6.92 Å². The molecule has 0 aromatic heterocycles. The molecule has 1 amide bonds. The minimum atomic E-state index is -1.97. The maximum absolute atomic E-state index is 13.7. The van der Waals surface area contributed by atoms with Gasteiger partial charge < -0.3 is 10.4 Å². The van der Waals surface area contributed by atoms with E-state index >= 15 is 0 Å². The smallest absolute Gasteiger partial charge is 0.261 e. The van der Waals surface area contributed by atoms with Crippen molar-refractivity contribution in [3.8, 4) is 0 Å². The summed E-state index contributed by atoms with van der Waals surface area (Å²) in [5, 5.41) is 13.3. The van der Waals surface area contributed by atoms with Gasteiger partial charge in [-0.25, -0.2) is 4.39 Å². The van der Waals surface area contributed by atoms with Crippen molar-refractivity contribution in [1.29, 1.82) is 0 Å². The van der Waals surface area contributed by atoms with Crippen LogP contribution < -0.4 is 5.32 Å². The lowest BCUT2D eigenvalue weighted by molar-refractivity contribution is -0.133. The van der Waals surface area contributed by atoms with E-state index < -0.39 is 29.5 Å². The van der Waals surface area contributed by atoms with Gasteiger partial charge >= 0.3 is 0 Å². The van der Waals surface area contributed by atoms with Gasteiger partial charge in [0.25, 0.3) is 5.91 Å². The van der Waals surface area contributed by atoms with Crippen molar-refractivity contribution in [3.05, 3.63) is 65.0 Å². The van der Waals surface area contributed by atoms with E-state index in [1.165, 1.54) is 24.3 Å². The lowest BCUT2D eigenvalue weighted by Crippen LogP contribution is -2.36. The fraction of sp³-hybridized carbons (Fsp3) is 0.176. The van der Waals surface area contributed by atoms with E-state index in [0.29, 0.717) is 11.3 Å². The van der Waals surface area contributed by atoms with Gasteiger partial charge in [-0.05, 0) is 25.1 Å². The largest absolute Gasteiger partial charge is 0.375 e. The van der Waals surface area contributed by atoms with Crippen molar-refractivity contribution in [1.82, 2.24) is 0 Å². The minimum absolute atomic E-state index is 0.134. The van der Waals surface area contributed by atoms with Crippen molar-refractivity contribution in [3.63, 3.8) is 0 Å². The summed E-state index contributed by atoms with van der Waals surface area (Å²) in [6, 6.07) is 10.6. The third kappa shape index (κ3) is 2.19. The molecule has 22 heavy (non-hydrogen) atoms. The van der Waals surface area contributed by atoms with Gasteiger partial charge in [0, 0.05) is 11.3 Å². The predicted molar refractivity (Wildman–Crippen MR) is 79.1 cm³/mol. The van der Waals surface area contributed by atoms with Gasteiger partial charge in [-0.2, -0.15) is 0 Å². The molecule has 2 aromatic carbocycles. The number of carbonyl (C=O) groups excluding carboxylic acids is 2. The zero-order chi connectivity index (χ0) is 15.9. The Hall–Kier alpha value is -2.53. The molecule has 0 aliphatic carbocycles. The van der Waals surface area contributed by atoms with Crippen LogP contribution in [0.3, 0.4) is 0 Å². The number of benzene rings is 2. The zero-order valence-electron chi connectivity index (χ0n) is 11.9. The summed E-state index contributed by atoms with van der Waals surface area (Å²) in [5.41, 5.74) is -0.431. The average Bonchev–Trinajstić information content (AvgIpc) is 2.71. The van der Waals surface area contributed by atoms with E-state index in [-0.39, 0.29) is 5.56 Å². The summed E-state index contributed by atoms with van der Waals surface area (Å²) in [6.45, 7) is 1.82. The molecule has 3 rings (SSSR count). The molecule has 4 nitrogen and oxygen atoms in total. The molecule has 112 valence electrons. The molecular formula is C17H14FNO3. The highest BCUT2D eigenvalue weighted by Gasteiger charge is 2.47. The molecule has 2 aromatic rings. The molecule has 2 N–H and O–H groups in total.